The molecule has 2 saturated heterocycles. The number of nitrogens with two attached hydrogens (primary N) is 1. The first-order valence-electron chi connectivity index (χ1n) is 10.3. The van der Waals surface area contributed by atoms with E-state index in [2.05, 4.69) is 0 Å². The molecule has 4 rings (SSSR count). The molecule has 2 N–H and O–H groups in total. The molecule has 2 aromatic rings. The van der Waals surface area contributed by atoms with Crippen molar-refractivity contribution in [3.8, 4) is 0 Å². The molecule has 8 nitrogen and oxygen atoms in total. The summed E-state index contributed by atoms with van der Waals surface area (Å²) < 4.78 is 34.9. The monoisotopic (exact) mass is 446 g/mol. The third kappa shape index (κ3) is 4.72. The Morgan fingerprint density at radius 2 is 1.81 bits per heavy atom. The minimum absolute atomic E-state index is 0.0428. The van der Waals surface area contributed by atoms with Gasteiger partial charge in [0.1, 0.15) is 11.8 Å². The second-order valence-corrected chi connectivity index (χ2v) is 7.58. The molecule has 1 amide bonds. The zero-order valence-corrected chi connectivity index (χ0v) is 17.4. The smallest absolute Gasteiger partial charge is 0.414 e. The molecule has 170 valence electrons. The summed E-state index contributed by atoms with van der Waals surface area (Å²) in [7, 11) is 0. The van der Waals surface area contributed by atoms with Crippen molar-refractivity contribution in [3.63, 3.8) is 0 Å². The molecule has 2 aliphatic rings. The van der Waals surface area contributed by atoms with Gasteiger partial charge in [0.25, 0.3) is 0 Å². The fourth-order valence-corrected chi connectivity index (χ4v) is 3.78. The van der Waals surface area contributed by atoms with E-state index >= 15 is 0 Å². The molecule has 1 atom stereocenters. The molecule has 0 saturated carbocycles. The maximum atomic E-state index is 14.9. The summed E-state index contributed by atoms with van der Waals surface area (Å²) in [6, 6.07) is 11.1. The molecule has 10 heteroatoms. The van der Waals surface area contributed by atoms with Gasteiger partial charge in [0.05, 0.1) is 25.4 Å². The van der Waals surface area contributed by atoms with Crippen LogP contribution in [0.15, 0.2) is 42.5 Å². The van der Waals surface area contributed by atoms with Crippen molar-refractivity contribution in [2.45, 2.75) is 6.10 Å². The number of ether oxygens (including phenoxy) is 1. The number of ketones is 1. The molecular formula is C22H24F2N4O4. The molecule has 0 aromatic heterocycles. The van der Waals surface area contributed by atoms with Gasteiger partial charge in [-0.3, -0.25) is 14.5 Å². The van der Waals surface area contributed by atoms with Crippen LogP contribution in [0.25, 0.3) is 0 Å². The van der Waals surface area contributed by atoms with Crippen molar-refractivity contribution in [1.82, 2.24) is 5.06 Å². The van der Waals surface area contributed by atoms with E-state index < -0.39 is 23.8 Å². The summed E-state index contributed by atoms with van der Waals surface area (Å²) in [5.74, 6) is -1.69. The number of carbonyl (C=O) groups is 2. The van der Waals surface area contributed by atoms with E-state index in [4.69, 9.17) is 15.3 Å². The highest BCUT2D eigenvalue weighted by Gasteiger charge is 2.33. The molecule has 0 radical (unpaired) electrons. The highest BCUT2D eigenvalue weighted by Crippen LogP contribution is 2.31. The highest BCUT2D eigenvalue weighted by atomic mass is 19.1. The van der Waals surface area contributed by atoms with Crippen LogP contribution in [0.3, 0.4) is 0 Å². The van der Waals surface area contributed by atoms with Gasteiger partial charge in [-0.2, -0.15) is 5.06 Å². The van der Waals surface area contributed by atoms with E-state index in [1.807, 2.05) is 6.07 Å². The van der Waals surface area contributed by atoms with E-state index in [9.17, 15) is 18.4 Å². The van der Waals surface area contributed by atoms with Crippen molar-refractivity contribution in [2.75, 3.05) is 55.7 Å². The number of benzene rings is 2. The molecule has 2 aromatic carbocycles. The predicted octanol–water partition coefficient (Wildman–Crippen LogP) is 2.19. The molecule has 2 aliphatic heterocycles. The number of anilines is 2. The number of hydrogen-bond donors (Lipinski definition) is 1. The number of nitrogens with zero attached hydrogens (tertiary/aromatic N) is 3. The lowest BCUT2D eigenvalue weighted by atomic mass is 10.1. The summed E-state index contributed by atoms with van der Waals surface area (Å²) in [6.45, 7) is 1.26. The first-order chi connectivity index (χ1) is 15.5. The Hall–Kier alpha value is -3.08. The van der Waals surface area contributed by atoms with Crippen LogP contribution in [0.1, 0.15) is 10.4 Å². The number of halogens is 2. The first kappa shape index (κ1) is 22.1. The number of hydroxylamine groups is 2. The molecule has 2 heterocycles. The zero-order valence-electron chi connectivity index (χ0n) is 17.4. The summed E-state index contributed by atoms with van der Waals surface area (Å²) >= 11 is 0. The Balaban J connectivity index is 1.44. The Kier molecular flexibility index (Phi) is 6.63. The molecule has 0 spiro atoms. The van der Waals surface area contributed by atoms with E-state index in [-0.39, 0.29) is 63.0 Å². The van der Waals surface area contributed by atoms with Gasteiger partial charge in [-0.15, -0.1) is 0 Å². The van der Waals surface area contributed by atoms with Gasteiger partial charge in [0, 0.05) is 43.9 Å². The maximum Gasteiger partial charge on any atom is 0.414 e. The number of Topliss-reactive ketones (excluding diaryl/α,β-unsaturated/α-hetero) is 1. The summed E-state index contributed by atoms with van der Waals surface area (Å²) in [5.41, 5.74) is 5.96. The van der Waals surface area contributed by atoms with Gasteiger partial charge in [-0.05, 0) is 0 Å². The van der Waals surface area contributed by atoms with Crippen molar-refractivity contribution < 1.29 is 27.9 Å². The van der Waals surface area contributed by atoms with Gasteiger partial charge in [-0.25, -0.2) is 13.6 Å². The van der Waals surface area contributed by atoms with Gasteiger partial charge >= 0.3 is 6.09 Å². The van der Waals surface area contributed by atoms with Crippen LogP contribution < -0.4 is 15.5 Å². The highest BCUT2D eigenvalue weighted by molar-refractivity contribution is 5.97. The van der Waals surface area contributed by atoms with Crippen LogP contribution in [0, 0.1) is 11.6 Å². The topological polar surface area (TPSA) is 88.3 Å². The van der Waals surface area contributed by atoms with E-state index in [0.29, 0.717) is 5.56 Å². The fourth-order valence-electron chi connectivity index (χ4n) is 3.78. The summed E-state index contributed by atoms with van der Waals surface area (Å²) in [6.07, 6.45) is -1.20. The number of cyclic esters (lactones) is 1. The zero-order chi connectivity index (χ0) is 22.7. The van der Waals surface area contributed by atoms with E-state index in [1.54, 1.807) is 24.3 Å². The Morgan fingerprint density at radius 1 is 1.09 bits per heavy atom. The average Bonchev–Trinajstić information content (AvgIpc) is 3.02. The minimum atomic E-state index is -0.794. The Bertz CT molecular complexity index is 968. The summed E-state index contributed by atoms with van der Waals surface area (Å²) in [5, 5.41) is 1.51. The Labute approximate surface area is 184 Å². The quantitative estimate of drug-likeness (QED) is 0.681. The van der Waals surface area contributed by atoms with Crippen LogP contribution in [-0.2, 0) is 9.57 Å². The van der Waals surface area contributed by atoms with Crippen molar-refractivity contribution in [1.29, 1.82) is 0 Å². The molecular weight excluding hydrogens is 422 g/mol. The van der Waals surface area contributed by atoms with Crippen LogP contribution >= 0.6 is 0 Å². The molecule has 32 heavy (non-hydrogen) atoms. The molecule has 2 fully saturated rings. The number of amides is 1. The van der Waals surface area contributed by atoms with Crippen LogP contribution in [-0.4, -0.2) is 68.9 Å². The van der Waals surface area contributed by atoms with E-state index in [0.717, 1.165) is 17.0 Å². The van der Waals surface area contributed by atoms with Crippen LogP contribution in [0.5, 0.6) is 0 Å². The summed E-state index contributed by atoms with van der Waals surface area (Å²) in [4.78, 5) is 32.7. The first-order valence-corrected chi connectivity index (χ1v) is 10.3. The molecule has 0 bridgehead atoms. The van der Waals surface area contributed by atoms with Crippen molar-refractivity contribution >= 4 is 23.3 Å². The lowest BCUT2D eigenvalue weighted by molar-refractivity contribution is -0.139. The standard InChI is InChI=1S/C22H24F2N4O4/c23-18-10-16(28-13-17(12-25)32-22(28)30)11-19(24)21(18)26-6-7-27(31-9-8-26)14-20(29)15-4-2-1-3-5-15/h1-5,10-11,17H,6-9,12-14,25H2/t17-/m0/s1. The average molecular weight is 446 g/mol. The molecule has 0 aliphatic carbocycles. The van der Waals surface area contributed by atoms with Crippen LogP contribution in [0.4, 0.5) is 25.0 Å². The van der Waals surface area contributed by atoms with Gasteiger partial charge in [0.15, 0.2) is 17.4 Å². The van der Waals surface area contributed by atoms with Gasteiger partial charge < -0.3 is 15.4 Å². The largest absolute Gasteiger partial charge is 0.443 e. The van der Waals surface area contributed by atoms with Gasteiger partial charge in [-0.1, -0.05) is 30.3 Å². The number of rotatable bonds is 6. The van der Waals surface area contributed by atoms with Crippen LogP contribution in [0.2, 0.25) is 0 Å². The Morgan fingerprint density at radius 3 is 2.47 bits per heavy atom. The minimum Gasteiger partial charge on any atom is -0.443 e. The SMILES string of the molecule is NC[C@H]1CN(c2cc(F)c(N3CCON(CC(=O)c4ccccc4)CC3)c(F)c2)C(=O)O1. The second kappa shape index (κ2) is 9.60. The lowest BCUT2D eigenvalue weighted by Gasteiger charge is -2.24. The van der Waals surface area contributed by atoms with Gasteiger partial charge in [0.2, 0.25) is 0 Å². The normalized spacial score (nSPS) is 19.7. The second-order valence-electron chi connectivity index (χ2n) is 7.58. The lowest BCUT2D eigenvalue weighted by Crippen LogP contribution is -2.34. The number of carbonyl (C=O) groups excluding carboxylic acids is 2. The fraction of sp³-hybridized carbons (Fsp3) is 0.364. The maximum absolute atomic E-state index is 14.9. The third-order valence-electron chi connectivity index (χ3n) is 5.44. The molecule has 0 unspecified atom stereocenters. The third-order valence-corrected chi connectivity index (χ3v) is 5.44. The van der Waals surface area contributed by atoms with Crippen molar-refractivity contribution in [2.24, 2.45) is 5.73 Å². The number of hydrogen-bond acceptors (Lipinski definition) is 7. The van der Waals surface area contributed by atoms with E-state index in [1.165, 1.54) is 9.96 Å². The van der Waals surface area contributed by atoms with Crippen molar-refractivity contribution in [3.05, 3.63) is 59.7 Å². The predicted molar refractivity (Wildman–Crippen MR) is 114 cm³/mol.